The Bertz CT molecular complexity index is 732. The highest BCUT2D eigenvalue weighted by Gasteiger charge is 2.01. The molecule has 23 heavy (non-hydrogen) atoms. The van der Waals surface area contributed by atoms with Crippen molar-refractivity contribution in [2.45, 2.75) is 0 Å². The zero-order chi connectivity index (χ0) is 16.7. The molecule has 118 valence electrons. The van der Waals surface area contributed by atoms with E-state index < -0.39 is 11.7 Å². The van der Waals surface area contributed by atoms with E-state index in [9.17, 15) is 13.6 Å². The molecule has 0 saturated carbocycles. The van der Waals surface area contributed by atoms with Gasteiger partial charge in [-0.25, -0.2) is 8.78 Å². The number of halogens is 2. The summed E-state index contributed by atoms with van der Waals surface area (Å²) in [7, 11) is 0. The predicted octanol–water partition coefficient (Wildman–Crippen LogP) is 3.00. The van der Waals surface area contributed by atoms with Crippen molar-refractivity contribution in [2.24, 2.45) is 0 Å². The van der Waals surface area contributed by atoms with E-state index in [1.807, 2.05) is 0 Å². The van der Waals surface area contributed by atoms with Gasteiger partial charge in [-0.15, -0.1) is 0 Å². The first kappa shape index (κ1) is 16.6. The molecule has 0 aliphatic carbocycles. The Kier molecular flexibility index (Phi) is 5.76. The van der Waals surface area contributed by atoms with E-state index in [-0.39, 0.29) is 10.9 Å². The van der Waals surface area contributed by atoms with Crippen molar-refractivity contribution in [1.29, 1.82) is 0 Å². The maximum atomic E-state index is 13.4. The minimum absolute atomic E-state index is 0.129. The van der Waals surface area contributed by atoms with Gasteiger partial charge in [0, 0.05) is 17.3 Å². The van der Waals surface area contributed by atoms with E-state index in [0.717, 1.165) is 0 Å². The van der Waals surface area contributed by atoms with Crippen molar-refractivity contribution in [3.05, 3.63) is 71.8 Å². The van der Waals surface area contributed by atoms with Crippen LogP contribution in [0, 0.1) is 11.6 Å². The molecule has 2 rings (SSSR count). The molecule has 0 aliphatic rings. The van der Waals surface area contributed by atoms with Crippen LogP contribution in [0.25, 0.3) is 6.08 Å². The topological polar surface area (TPSA) is 53.2 Å². The lowest BCUT2D eigenvalue weighted by Crippen LogP contribution is -2.43. The van der Waals surface area contributed by atoms with Crippen molar-refractivity contribution in [3.8, 4) is 0 Å². The van der Waals surface area contributed by atoms with Crippen LogP contribution < -0.4 is 16.2 Å². The quantitative estimate of drug-likeness (QED) is 0.459. The molecule has 0 bridgehead atoms. The standard InChI is InChI=1S/C16H13F2N3OS/c17-12-6-8-13(9-7-12)19-16(23)21-20-15(22)10-5-11-3-1-2-4-14(11)18/h1-10H,(H,20,22)(H2,19,21,23)/b10-5+. The number of hydrazine groups is 1. The number of thiocarbonyl (C=S) groups is 1. The molecule has 0 atom stereocenters. The van der Waals surface area contributed by atoms with E-state index in [4.69, 9.17) is 12.2 Å². The molecule has 4 nitrogen and oxygen atoms in total. The summed E-state index contributed by atoms with van der Waals surface area (Å²) in [5.41, 5.74) is 5.68. The lowest BCUT2D eigenvalue weighted by Gasteiger charge is -2.10. The first-order valence-corrected chi connectivity index (χ1v) is 7.00. The Labute approximate surface area is 137 Å². The molecular formula is C16H13F2N3OS. The number of benzene rings is 2. The van der Waals surface area contributed by atoms with Crippen molar-refractivity contribution in [3.63, 3.8) is 0 Å². The van der Waals surface area contributed by atoms with Crippen LogP contribution in [0.2, 0.25) is 0 Å². The number of hydrogen-bond donors (Lipinski definition) is 3. The highest BCUT2D eigenvalue weighted by Crippen LogP contribution is 2.08. The summed E-state index contributed by atoms with van der Waals surface area (Å²) in [6.07, 6.45) is 2.52. The summed E-state index contributed by atoms with van der Waals surface area (Å²) in [6, 6.07) is 11.6. The van der Waals surface area contributed by atoms with Gasteiger partial charge >= 0.3 is 0 Å². The molecular weight excluding hydrogens is 320 g/mol. The molecule has 0 unspecified atom stereocenters. The summed E-state index contributed by atoms with van der Waals surface area (Å²) < 4.78 is 26.1. The average Bonchev–Trinajstić information content (AvgIpc) is 2.54. The minimum atomic E-state index is -0.503. The second-order valence-electron chi connectivity index (χ2n) is 4.43. The molecule has 0 aromatic heterocycles. The second-order valence-corrected chi connectivity index (χ2v) is 4.84. The van der Waals surface area contributed by atoms with Crippen molar-refractivity contribution in [1.82, 2.24) is 10.9 Å². The van der Waals surface area contributed by atoms with Gasteiger partial charge in [0.25, 0.3) is 5.91 Å². The first-order valence-electron chi connectivity index (χ1n) is 6.60. The van der Waals surface area contributed by atoms with Gasteiger partial charge in [-0.1, -0.05) is 18.2 Å². The third-order valence-electron chi connectivity index (χ3n) is 2.72. The fraction of sp³-hybridized carbons (Fsp3) is 0. The van der Waals surface area contributed by atoms with Crippen molar-refractivity contribution in [2.75, 3.05) is 5.32 Å². The molecule has 3 N–H and O–H groups in total. The summed E-state index contributed by atoms with van der Waals surface area (Å²) in [5, 5.41) is 2.89. The normalized spacial score (nSPS) is 10.3. The molecule has 0 spiro atoms. The van der Waals surface area contributed by atoms with Crippen molar-refractivity contribution < 1.29 is 13.6 Å². The number of anilines is 1. The average molecular weight is 333 g/mol. The van der Waals surface area contributed by atoms with E-state index in [0.29, 0.717) is 11.3 Å². The highest BCUT2D eigenvalue weighted by atomic mass is 32.1. The van der Waals surface area contributed by atoms with Crippen molar-refractivity contribution >= 4 is 35.0 Å². The third kappa shape index (κ3) is 5.48. The van der Waals surface area contributed by atoms with Crippen LogP contribution in [0.5, 0.6) is 0 Å². The zero-order valence-corrected chi connectivity index (χ0v) is 12.7. The summed E-state index contributed by atoms with van der Waals surface area (Å²) in [5.74, 6) is -1.28. The Morgan fingerprint density at radius 3 is 2.39 bits per heavy atom. The van der Waals surface area contributed by atoms with Crippen LogP contribution in [-0.2, 0) is 4.79 Å². The SMILES string of the molecule is O=C(/C=C/c1ccccc1F)NNC(=S)Nc1ccc(F)cc1. The lowest BCUT2D eigenvalue weighted by molar-refractivity contribution is -0.116. The molecule has 0 heterocycles. The van der Waals surface area contributed by atoms with Gasteiger partial charge in [0.2, 0.25) is 0 Å². The van der Waals surface area contributed by atoms with E-state index >= 15 is 0 Å². The summed E-state index contributed by atoms with van der Waals surface area (Å²) in [4.78, 5) is 11.6. The van der Waals surface area contributed by atoms with Crippen LogP contribution in [0.3, 0.4) is 0 Å². The van der Waals surface area contributed by atoms with Gasteiger partial charge in [0.15, 0.2) is 5.11 Å². The van der Waals surface area contributed by atoms with Gasteiger partial charge < -0.3 is 5.32 Å². The number of nitrogens with one attached hydrogen (secondary N) is 3. The van der Waals surface area contributed by atoms with Crippen LogP contribution in [0.4, 0.5) is 14.5 Å². The smallest absolute Gasteiger partial charge is 0.262 e. The zero-order valence-electron chi connectivity index (χ0n) is 11.8. The van der Waals surface area contributed by atoms with Gasteiger partial charge in [0.05, 0.1) is 0 Å². The van der Waals surface area contributed by atoms with Gasteiger partial charge in [-0.05, 0) is 48.6 Å². The lowest BCUT2D eigenvalue weighted by atomic mass is 10.2. The summed E-state index contributed by atoms with van der Waals surface area (Å²) >= 11 is 4.97. The summed E-state index contributed by atoms with van der Waals surface area (Å²) in [6.45, 7) is 0. The van der Waals surface area contributed by atoms with Gasteiger partial charge in [-0.2, -0.15) is 0 Å². The maximum absolute atomic E-state index is 13.4. The first-order chi connectivity index (χ1) is 11.0. The number of hydrogen-bond acceptors (Lipinski definition) is 2. The second kappa shape index (κ2) is 8.00. The van der Waals surface area contributed by atoms with Gasteiger partial charge in [-0.3, -0.25) is 15.6 Å². The molecule has 2 aromatic rings. The molecule has 2 aromatic carbocycles. The molecule has 7 heteroatoms. The molecule has 0 fully saturated rings. The number of amides is 1. The third-order valence-corrected chi connectivity index (χ3v) is 2.92. The van der Waals surface area contributed by atoms with Crippen LogP contribution in [-0.4, -0.2) is 11.0 Å². The number of rotatable bonds is 3. The molecule has 1 amide bonds. The molecule has 0 aliphatic heterocycles. The molecule has 0 radical (unpaired) electrons. The fourth-order valence-electron chi connectivity index (χ4n) is 1.63. The van der Waals surface area contributed by atoms with E-state index in [1.54, 1.807) is 18.2 Å². The van der Waals surface area contributed by atoms with E-state index in [2.05, 4.69) is 16.2 Å². The van der Waals surface area contributed by atoms with Crippen LogP contribution >= 0.6 is 12.2 Å². The van der Waals surface area contributed by atoms with E-state index in [1.165, 1.54) is 42.5 Å². The Hall–Kier alpha value is -2.80. The van der Waals surface area contributed by atoms with Crippen LogP contribution in [0.15, 0.2) is 54.6 Å². The number of carbonyl (C=O) groups excluding carboxylic acids is 1. The Balaban J connectivity index is 1.81. The Morgan fingerprint density at radius 1 is 1.00 bits per heavy atom. The number of carbonyl (C=O) groups is 1. The predicted molar refractivity (Wildman–Crippen MR) is 89.3 cm³/mol. The molecule has 0 saturated heterocycles. The Morgan fingerprint density at radius 2 is 1.70 bits per heavy atom. The van der Waals surface area contributed by atoms with Gasteiger partial charge in [0.1, 0.15) is 11.6 Å². The fourth-order valence-corrected chi connectivity index (χ4v) is 1.80. The minimum Gasteiger partial charge on any atom is -0.331 e. The monoisotopic (exact) mass is 333 g/mol. The maximum Gasteiger partial charge on any atom is 0.262 e. The van der Waals surface area contributed by atoms with Crippen LogP contribution in [0.1, 0.15) is 5.56 Å². The highest BCUT2D eigenvalue weighted by molar-refractivity contribution is 7.80. The largest absolute Gasteiger partial charge is 0.331 e.